The van der Waals surface area contributed by atoms with Gasteiger partial charge in [0.2, 0.25) is 5.91 Å². The van der Waals surface area contributed by atoms with Crippen molar-refractivity contribution in [1.29, 1.82) is 0 Å². The zero-order chi connectivity index (χ0) is 19.9. The number of nitrogens with zero attached hydrogens (tertiary/aromatic N) is 2. The molecule has 0 spiro atoms. The van der Waals surface area contributed by atoms with E-state index < -0.39 is 11.6 Å². The average Bonchev–Trinajstić information content (AvgIpc) is 2.99. The molecule has 7 nitrogen and oxygen atoms in total. The standard InChI is InChI=1S/C21H28N4O3/c1-14(25-10-7-15-5-3-4-6-16(15)13-25)18(26)24-11-8-17(9-12-24)21(2)19(27)22-20(28)23-21/h3-6,14,17H,7-13H2,1-2H3,(H2,22,23,27,28)/t14-,21-/m1/s1. The largest absolute Gasteiger partial charge is 0.341 e. The van der Waals surface area contributed by atoms with Crippen LogP contribution >= 0.6 is 0 Å². The molecule has 150 valence electrons. The monoisotopic (exact) mass is 384 g/mol. The van der Waals surface area contributed by atoms with Gasteiger partial charge in [0.25, 0.3) is 5.91 Å². The lowest BCUT2D eigenvalue weighted by atomic mass is 9.79. The van der Waals surface area contributed by atoms with Crippen molar-refractivity contribution < 1.29 is 14.4 Å². The minimum atomic E-state index is -0.867. The van der Waals surface area contributed by atoms with Crippen molar-refractivity contribution in [3.63, 3.8) is 0 Å². The lowest BCUT2D eigenvalue weighted by Crippen LogP contribution is -2.56. The van der Waals surface area contributed by atoms with E-state index in [0.717, 1.165) is 19.5 Å². The number of carbonyl (C=O) groups excluding carboxylic acids is 3. The fourth-order valence-corrected chi connectivity index (χ4v) is 4.79. The van der Waals surface area contributed by atoms with Crippen LogP contribution in [0.5, 0.6) is 0 Å². The van der Waals surface area contributed by atoms with Gasteiger partial charge in [-0.3, -0.25) is 19.8 Å². The summed E-state index contributed by atoms with van der Waals surface area (Å²) in [7, 11) is 0. The maximum atomic E-state index is 13.1. The third kappa shape index (κ3) is 3.28. The average molecular weight is 384 g/mol. The quantitative estimate of drug-likeness (QED) is 0.769. The van der Waals surface area contributed by atoms with E-state index in [1.54, 1.807) is 6.92 Å². The van der Waals surface area contributed by atoms with Crippen LogP contribution in [0.3, 0.4) is 0 Å². The van der Waals surface area contributed by atoms with Crippen LogP contribution in [-0.2, 0) is 22.6 Å². The molecule has 3 heterocycles. The summed E-state index contributed by atoms with van der Waals surface area (Å²) in [4.78, 5) is 40.9. The first-order valence-corrected chi connectivity index (χ1v) is 10.1. The molecule has 3 aliphatic heterocycles. The molecule has 2 saturated heterocycles. The van der Waals surface area contributed by atoms with E-state index in [4.69, 9.17) is 0 Å². The third-order valence-electron chi connectivity index (χ3n) is 6.76. The number of benzene rings is 1. The lowest BCUT2D eigenvalue weighted by molar-refractivity contribution is -0.139. The zero-order valence-electron chi connectivity index (χ0n) is 16.5. The fourth-order valence-electron chi connectivity index (χ4n) is 4.79. The van der Waals surface area contributed by atoms with Gasteiger partial charge in [-0.2, -0.15) is 0 Å². The SMILES string of the molecule is C[C@H](C(=O)N1CCC([C@@]2(C)NC(=O)NC2=O)CC1)N1CCc2ccccc2C1. The van der Waals surface area contributed by atoms with E-state index in [0.29, 0.717) is 25.9 Å². The highest BCUT2D eigenvalue weighted by Crippen LogP contribution is 2.31. The van der Waals surface area contributed by atoms with E-state index in [9.17, 15) is 14.4 Å². The Hall–Kier alpha value is -2.41. The highest BCUT2D eigenvalue weighted by Gasteiger charge is 2.49. The number of fused-ring (bicyclic) bond motifs is 1. The number of nitrogens with one attached hydrogen (secondary N) is 2. The molecule has 3 aliphatic rings. The second kappa shape index (κ2) is 7.20. The number of urea groups is 1. The summed E-state index contributed by atoms with van der Waals surface area (Å²) in [5, 5.41) is 5.10. The maximum absolute atomic E-state index is 13.1. The molecule has 4 amide bonds. The second-order valence-electron chi connectivity index (χ2n) is 8.38. The highest BCUT2D eigenvalue weighted by atomic mass is 16.2. The van der Waals surface area contributed by atoms with Crippen molar-refractivity contribution in [2.75, 3.05) is 19.6 Å². The van der Waals surface area contributed by atoms with E-state index in [-0.39, 0.29) is 23.8 Å². The van der Waals surface area contributed by atoms with Crippen LogP contribution in [0.2, 0.25) is 0 Å². The molecule has 28 heavy (non-hydrogen) atoms. The van der Waals surface area contributed by atoms with Crippen molar-refractivity contribution in [2.45, 2.75) is 51.2 Å². The number of carbonyl (C=O) groups is 3. The Labute approximate surface area is 165 Å². The Morgan fingerprint density at radius 2 is 1.82 bits per heavy atom. The molecular formula is C21H28N4O3. The lowest BCUT2D eigenvalue weighted by Gasteiger charge is -2.41. The molecule has 7 heteroatoms. The number of hydrogen-bond donors (Lipinski definition) is 2. The first-order valence-electron chi connectivity index (χ1n) is 10.1. The summed E-state index contributed by atoms with van der Waals surface area (Å²) in [5.74, 6) is -0.0642. The molecule has 0 aliphatic carbocycles. The van der Waals surface area contributed by atoms with Crippen LogP contribution in [-0.4, -0.2) is 58.9 Å². The van der Waals surface area contributed by atoms with Crippen LogP contribution < -0.4 is 10.6 Å². The summed E-state index contributed by atoms with van der Waals surface area (Å²) in [5.41, 5.74) is 1.82. The van der Waals surface area contributed by atoms with E-state index in [1.165, 1.54) is 11.1 Å². The summed E-state index contributed by atoms with van der Waals surface area (Å²) < 4.78 is 0. The van der Waals surface area contributed by atoms with Gasteiger partial charge in [-0.15, -0.1) is 0 Å². The van der Waals surface area contributed by atoms with Gasteiger partial charge in [-0.05, 0) is 50.2 Å². The van der Waals surface area contributed by atoms with Crippen LogP contribution in [0.4, 0.5) is 4.79 Å². The molecule has 1 aromatic carbocycles. The fraction of sp³-hybridized carbons (Fsp3) is 0.571. The smallest absolute Gasteiger partial charge is 0.322 e. The van der Waals surface area contributed by atoms with Crippen LogP contribution in [0.1, 0.15) is 37.8 Å². The number of rotatable bonds is 3. The van der Waals surface area contributed by atoms with Gasteiger partial charge in [0.15, 0.2) is 0 Å². The van der Waals surface area contributed by atoms with Crippen LogP contribution in [0.25, 0.3) is 0 Å². The van der Waals surface area contributed by atoms with Crippen molar-refractivity contribution in [3.05, 3.63) is 35.4 Å². The predicted octanol–water partition coefficient (Wildman–Crippen LogP) is 1.27. The maximum Gasteiger partial charge on any atom is 0.322 e. The second-order valence-corrected chi connectivity index (χ2v) is 8.38. The van der Waals surface area contributed by atoms with Crippen molar-refractivity contribution in [3.8, 4) is 0 Å². The van der Waals surface area contributed by atoms with E-state index >= 15 is 0 Å². The molecule has 0 saturated carbocycles. The molecule has 2 N–H and O–H groups in total. The van der Waals surface area contributed by atoms with Gasteiger partial charge in [-0.1, -0.05) is 24.3 Å². The summed E-state index contributed by atoms with van der Waals surface area (Å²) >= 11 is 0. The van der Waals surface area contributed by atoms with Crippen LogP contribution in [0.15, 0.2) is 24.3 Å². The van der Waals surface area contributed by atoms with Crippen molar-refractivity contribution in [1.82, 2.24) is 20.4 Å². The molecule has 2 atom stereocenters. The third-order valence-corrected chi connectivity index (χ3v) is 6.76. The summed E-state index contributed by atoms with van der Waals surface area (Å²) in [6, 6.07) is 7.85. The zero-order valence-corrected chi connectivity index (χ0v) is 16.5. The topological polar surface area (TPSA) is 81.8 Å². The van der Waals surface area contributed by atoms with Gasteiger partial charge >= 0.3 is 6.03 Å². The number of amides is 4. The molecule has 4 rings (SSSR count). The van der Waals surface area contributed by atoms with Crippen LogP contribution in [0, 0.1) is 5.92 Å². The molecule has 0 bridgehead atoms. The molecule has 2 fully saturated rings. The Bertz CT molecular complexity index is 803. The number of likely N-dealkylation sites (tertiary alicyclic amines) is 1. The first kappa shape index (κ1) is 18.9. The number of hydrogen-bond acceptors (Lipinski definition) is 4. The van der Waals surface area contributed by atoms with Gasteiger partial charge in [0, 0.05) is 26.2 Å². The molecular weight excluding hydrogens is 356 g/mol. The van der Waals surface area contributed by atoms with Crippen molar-refractivity contribution in [2.24, 2.45) is 5.92 Å². The van der Waals surface area contributed by atoms with Gasteiger partial charge in [0.1, 0.15) is 5.54 Å². The molecule has 1 aromatic rings. The predicted molar refractivity (Wildman–Crippen MR) is 104 cm³/mol. The normalized spacial score (nSPS) is 27.1. The van der Waals surface area contributed by atoms with Crippen molar-refractivity contribution >= 4 is 17.8 Å². The van der Waals surface area contributed by atoms with E-state index in [2.05, 4.69) is 39.8 Å². The Balaban J connectivity index is 1.35. The van der Waals surface area contributed by atoms with Gasteiger partial charge in [0.05, 0.1) is 6.04 Å². The first-order chi connectivity index (χ1) is 13.4. The van der Waals surface area contributed by atoms with Gasteiger partial charge < -0.3 is 10.2 Å². The summed E-state index contributed by atoms with van der Waals surface area (Å²) in [6.07, 6.45) is 2.40. The molecule has 0 aromatic heterocycles. The number of piperidine rings is 1. The summed E-state index contributed by atoms with van der Waals surface area (Å²) in [6.45, 7) is 6.72. The number of imide groups is 1. The molecule has 0 radical (unpaired) electrons. The highest BCUT2D eigenvalue weighted by molar-refractivity contribution is 6.07. The minimum absolute atomic E-state index is 0.0418. The molecule has 0 unspecified atom stereocenters. The Morgan fingerprint density at radius 3 is 2.46 bits per heavy atom. The minimum Gasteiger partial charge on any atom is -0.341 e. The van der Waals surface area contributed by atoms with E-state index in [1.807, 2.05) is 11.8 Å². The van der Waals surface area contributed by atoms with Gasteiger partial charge in [-0.25, -0.2) is 4.79 Å². The Morgan fingerprint density at radius 1 is 1.14 bits per heavy atom. The Kier molecular flexibility index (Phi) is 4.87.